The fraction of sp³-hybridized carbons (Fsp3) is 0.333. The van der Waals surface area contributed by atoms with E-state index in [1.807, 2.05) is 13.0 Å². The highest BCUT2D eigenvalue weighted by molar-refractivity contribution is 5.22. The molecule has 0 aliphatic carbocycles. The van der Waals surface area contributed by atoms with Gasteiger partial charge in [0.05, 0.1) is 6.20 Å². The van der Waals surface area contributed by atoms with Crippen molar-refractivity contribution in [1.82, 2.24) is 5.12 Å². The fourth-order valence-electron chi connectivity index (χ4n) is 0.288. The predicted molar refractivity (Wildman–Crippen MR) is 38.5 cm³/mol. The highest BCUT2D eigenvalue weighted by Crippen LogP contribution is 1.78. The molecule has 0 aromatic carbocycles. The van der Waals surface area contributed by atoms with Crippen LogP contribution in [0.25, 0.3) is 0 Å². The summed E-state index contributed by atoms with van der Waals surface area (Å²) >= 11 is 0. The van der Waals surface area contributed by atoms with Crippen LogP contribution < -0.4 is 5.84 Å². The molecule has 0 aromatic heterocycles. The summed E-state index contributed by atoms with van der Waals surface area (Å²) in [6, 6.07) is 0. The molecule has 0 rings (SSSR count). The number of rotatable bonds is 3. The van der Waals surface area contributed by atoms with Crippen LogP contribution in [0.3, 0.4) is 0 Å². The summed E-state index contributed by atoms with van der Waals surface area (Å²) in [7, 11) is 0. The molecule has 0 radical (unpaired) electrons. The average molecular weight is 125 g/mol. The van der Waals surface area contributed by atoms with Crippen LogP contribution in [-0.2, 0) is 0 Å². The van der Waals surface area contributed by atoms with Gasteiger partial charge in [-0.25, -0.2) is 5.84 Å². The van der Waals surface area contributed by atoms with E-state index in [4.69, 9.17) is 5.84 Å². The molecule has 0 saturated heterocycles. The Balaban J connectivity index is 3.68. The van der Waals surface area contributed by atoms with Gasteiger partial charge >= 0.3 is 0 Å². The second-order valence-electron chi connectivity index (χ2n) is 1.43. The van der Waals surface area contributed by atoms with Crippen molar-refractivity contribution in [2.75, 3.05) is 0 Å². The molecule has 9 heavy (non-hydrogen) atoms. The monoisotopic (exact) mass is 125 g/mol. The molecule has 0 unspecified atom stereocenters. The molecule has 50 valence electrons. The smallest absolute Gasteiger partial charge is 0.0830 e. The molecule has 2 N–H and O–H groups in total. The third kappa shape index (κ3) is 4.81. The highest BCUT2D eigenvalue weighted by Gasteiger charge is 1.73. The van der Waals surface area contributed by atoms with Gasteiger partial charge in [-0.05, 0) is 12.5 Å². The van der Waals surface area contributed by atoms with Crippen molar-refractivity contribution >= 4 is 6.72 Å². The fourth-order valence-corrected chi connectivity index (χ4v) is 0.288. The van der Waals surface area contributed by atoms with Crippen LogP contribution in [0.5, 0.6) is 0 Å². The molecule has 3 nitrogen and oxygen atoms in total. The lowest BCUT2D eigenvalue weighted by Gasteiger charge is -1.98. The van der Waals surface area contributed by atoms with E-state index in [1.54, 1.807) is 0 Å². The first-order valence-electron chi connectivity index (χ1n) is 2.73. The zero-order chi connectivity index (χ0) is 7.11. The Kier molecular flexibility index (Phi) is 4.50. The Bertz CT molecular complexity index is 133. The first-order chi connectivity index (χ1) is 4.31. The van der Waals surface area contributed by atoms with Crippen molar-refractivity contribution in [3.05, 3.63) is 18.0 Å². The first-order valence-corrected chi connectivity index (χ1v) is 2.73. The number of nitrogens with zero attached hydrogens (tertiary/aromatic N) is 2. The van der Waals surface area contributed by atoms with E-state index in [1.165, 1.54) is 6.20 Å². The molecule has 0 aliphatic heterocycles. The Morgan fingerprint density at radius 1 is 1.89 bits per heavy atom. The van der Waals surface area contributed by atoms with Crippen molar-refractivity contribution in [1.29, 1.82) is 0 Å². The predicted octanol–water partition coefficient (Wildman–Crippen LogP) is 0.857. The molecule has 0 amide bonds. The lowest BCUT2D eigenvalue weighted by molar-refractivity contribution is 0.425. The number of hydrazine groups is 1. The Morgan fingerprint density at radius 2 is 2.56 bits per heavy atom. The van der Waals surface area contributed by atoms with Crippen molar-refractivity contribution in [2.24, 2.45) is 10.9 Å². The minimum atomic E-state index is 0.946. The van der Waals surface area contributed by atoms with Crippen LogP contribution in [0.4, 0.5) is 0 Å². The van der Waals surface area contributed by atoms with Gasteiger partial charge in [0.25, 0.3) is 0 Å². The normalized spacial score (nSPS) is 7.33. The van der Waals surface area contributed by atoms with E-state index in [2.05, 4.69) is 17.6 Å². The summed E-state index contributed by atoms with van der Waals surface area (Å²) in [6.45, 7) is 5.22. The topological polar surface area (TPSA) is 41.6 Å². The molecule has 0 spiro atoms. The van der Waals surface area contributed by atoms with E-state index in [0.29, 0.717) is 0 Å². The SMILES string of the molecule is C=NN(N)C=C=CCC. The zero-order valence-corrected chi connectivity index (χ0v) is 5.54. The van der Waals surface area contributed by atoms with E-state index in [9.17, 15) is 0 Å². The molecule has 0 aliphatic rings. The summed E-state index contributed by atoms with van der Waals surface area (Å²) in [5.74, 6) is 5.18. The van der Waals surface area contributed by atoms with E-state index < -0.39 is 0 Å². The van der Waals surface area contributed by atoms with Crippen LogP contribution in [-0.4, -0.2) is 11.8 Å². The maximum atomic E-state index is 5.18. The quantitative estimate of drug-likeness (QED) is 0.263. The molecule has 0 heterocycles. The van der Waals surface area contributed by atoms with Crippen LogP contribution in [0.2, 0.25) is 0 Å². The molecule has 0 atom stereocenters. The van der Waals surface area contributed by atoms with Gasteiger partial charge in [0.15, 0.2) is 0 Å². The van der Waals surface area contributed by atoms with Gasteiger partial charge in [-0.2, -0.15) is 10.2 Å². The van der Waals surface area contributed by atoms with E-state index in [-0.39, 0.29) is 0 Å². The van der Waals surface area contributed by atoms with Crippen molar-refractivity contribution in [3.63, 3.8) is 0 Å². The Labute approximate surface area is 55.1 Å². The molecular formula is C6H11N3. The van der Waals surface area contributed by atoms with Gasteiger partial charge in [-0.1, -0.05) is 6.92 Å². The van der Waals surface area contributed by atoms with Gasteiger partial charge < -0.3 is 0 Å². The molecule has 3 heteroatoms. The first kappa shape index (κ1) is 7.95. The van der Waals surface area contributed by atoms with E-state index in [0.717, 1.165) is 11.5 Å². The van der Waals surface area contributed by atoms with Gasteiger partial charge in [0.1, 0.15) is 0 Å². The molecule has 0 saturated carbocycles. The van der Waals surface area contributed by atoms with Crippen LogP contribution >= 0.6 is 0 Å². The molecular weight excluding hydrogens is 114 g/mol. The van der Waals surface area contributed by atoms with Crippen LogP contribution in [0.1, 0.15) is 13.3 Å². The lowest BCUT2D eigenvalue weighted by atomic mass is 10.5. The third-order valence-electron chi connectivity index (χ3n) is 0.692. The maximum absolute atomic E-state index is 5.18. The summed E-state index contributed by atoms with van der Waals surface area (Å²) in [5.41, 5.74) is 2.80. The van der Waals surface area contributed by atoms with Gasteiger partial charge in [-0.3, -0.25) is 0 Å². The van der Waals surface area contributed by atoms with Crippen LogP contribution in [0, 0.1) is 0 Å². The minimum absolute atomic E-state index is 0.946. The molecule has 0 bridgehead atoms. The standard InChI is InChI=1S/C6H11N3/c1-3-4-5-6-9(7)8-2/h4,6H,2-3,7H2,1H3. The van der Waals surface area contributed by atoms with Crippen molar-refractivity contribution in [3.8, 4) is 0 Å². The number of hydrogen-bond donors (Lipinski definition) is 1. The van der Waals surface area contributed by atoms with Crippen molar-refractivity contribution < 1.29 is 0 Å². The zero-order valence-electron chi connectivity index (χ0n) is 5.54. The molecule has 0 fully saturated rings. The number of hydrazone groups is 1. The molecule has 0 aromatic rings. The van der Waals surface area contributed by atoms with Gasteiger partial charge in [0, 0.05) is 6.72 Å². The number of nitrogens with two attached hydrogens (primary N) is 1. The van der Waals surface area contributed by atoms with Gasteiger partial charge in [-0.15, -0.1) is 5.73 Å². The Hall–Kier alpha value is -1.05. The summed E-state index contributed by atoms with van der Waals surface area (Å²) < 4.78 is 0. The Morgan fingerprint density at radius 3 is 3.00 bits per heavy atom. The summed E-state index contributed by atoms with van der Waals surface area (Å²) in [4.78, 5) is 0. The largest absolute Gasteiger partial charge is 0.226 e. The highest BCUT2D eigenvalue weighted by atomic mass is 15.6. The average Bonchev–Trinajstić information content (AvgIpc) is 1.89. The van der Waals surface area contributed by atoms with Gasteiger partial charge in [0.2, 0.25) is 0 Å². The maximum Gasteiger partial charge on any atom is 0.0830 e. The minimum Gasteiger partial charge on any atom is -0.226 e. The number of hydrogen-bond acceptors (Lipinski definition) is 3. The third-order valence-corrected chi connectivity index (χ3v) is 0.692. The summed E-state index contributed by atoms with van der Waals surface area (Å²) in [6.07, 6.45) is 4.31. The second kappa shape index (κ2) is 5.09. The second-order valence-corrected chi connectivity index (χ2v) is 1.43. The number of allylic oxidation sites excluding steroid dienone is 1. The van der Waals surface area contributed by atoms with Crippen LogP contribution in [0.15, 0.2) is 23.1 Å². The summed E-state index contributed by atoms with van der Waals surface area (Å²) in [5, 5.41) is 4.49. The lowest BCUT2D eigenvalue weighted by Crippen LogP contribution is -2.16. The van der Waals surface area contributed by atoms with E-state index >= 15 is 0 Å². The van der Waals surface area contributed by atoms with Crippen molar-refractivity contribution in [2.45, 2.75) is 13.3 Å².